The Morgan fingerprint density at radius 1 is 1.53 bits per heavy atom. The highest BCUT2D eigenvalue weighted by molar-refractivity contribution is 7.99. The van der Waals surface area contributed by atoms with Gasteiger partial charge in [0.25, 0.3) is 5.91 Å². The van der Waals surface area contributed by atoms with Crippen LogP contribution in [-0.2, 0) is 0 Å². The van der Waals surface area contributed by atoms with Gasteiger partial charge in [0.2, 0.25) is 0 Å². The molecule has 0 fully saturated rings. The van der Waals surface area contributed by atoms with E-state index < -0.39 is 5.82 Å². The van der Waals surface area contributed by atoms with E-state index in [1.165, 1.54) is 12.1 Å². The lowest BCUT2D eigenvalue weighted by molar-refractivity contribution is 0.0951. The van der Waals surface area contributed by atoms with Crippen molar-refractivity contribution in [3.63, 3.8) is 0 Å². The average molecular weight is 256 g/mol. The Kier molecular flexibility index (Phi) is 4.40. The first-order valence-corrected chi connectivity index (χ1v) is 6.46. The molecule has 1 aromatic carbocycles. The van der Waals surface area contributed by atoms with Gasteiger partial charge in [-0.3, -0.25) is 4.79 Å². The van der Waals surface area contributed by atoms with Gasteiger partial charge in [-0.2, -0.15) is 11.8 Å². The molecule has 0 aliphatic carbocycles. The molecule has 5 heteroatoms. The summed E-state index contributed by atoms with van der Waals surface area (Å²) in [6.07, 6.45) is 1.98. The van der Waals surface area contributed by atoms with Gasteiger partial charge in [0.05, 0.1) is 5.56 Å². The van der Waals surface area contributed by atoms with E-state index in [9.17, 15) is 9.18 Å². The van der Waals surface area contributed by atoms with Crippen LogP contribution >= 0.6 is 11.8 Å². The summed E-state index contributed by atoms with van der Waals surface area (Å²) >= 11 is 1.66. The predicted octanol–water partition coefficient (Wildman–Crippen LogP) is 2.28. The number of rotatable bonds is 4. The molecule has 0 aliphatic heterocycles. The summed E-state index contributed by atoms with van der Waals surface area (Å²) in [4.78, 5) is 11.8. The third-order valence-electron chi connectivity index (χ3n) is 2.49. The Morgan fingerprint density at radius 2 is 2.18 bits per heavy atom. The van der Waals surface area contributed by atoms with Crippen molar-refractivity contribution in [2.75, 3.05) is 18.5 Å². The largest absolute Gasteiger partial charge is 0.398 e. The molecule has 0 bridgehead atoms. The summed E-state index contributed by atoms with van der Waals surface area (Å²) in [5.41, 5.74) is 6.05. The van der Waals surface area contributed by atoms with Crippen LogP contribution in [0.1, 0.15) is 24.2 Å². The summed E-state index contributed by atoms with van der Waals surface area (Å²) < 4.78 is 12.8. The molecule has 3 nitrogen and oxygen atoms in total. The number of anilines is 1. The highest BCUT2D eigenvalue weighted by Crippen LogP contribution is 2.20. The van der Waals surface area contributed by atoms with Crippen LogP contribution in [0.3, 0.4) is 0 Å². The molecule has 0 aromatic heterocycles. The lowest BCUT2D eigenvalue weighted by atomic mass is 10.1. The van der Waals surface area contributed by atoms with E-state index in [0.29, 0.717) is 12.1 Å². The van der Waals surface area contributed by atoms with Gasteiger partial charge in [-0.1, -0.05) is 0 Å². The highest BCUT2D eigenvalue weighted by Gasteiger charge is 2.18. The number of nitrogens with one attached hydrogen (secondary N) is 1. The van der Waals surface area contributed by atoms with Crippen molar-refractivity contribution in [1.29, 1.82) is 0 Å². The fourth-order valence-corrected chi connectivity index (χ4v) is 1.42. The number of carbonyl (C=O) groups excluding carboxylic acids is 1. The topological polar surface area (TPSA) is 55.1 Å². The second-order valence-electron chi connectivity index (χ2n) is 4.38. The van der Waals surface area contributed by atoms with Gasteiger partial charge in [0.1, 0.15) is 5.82 Å². The van der Waals surface area contributed by atoms with E-state index in [1.807, 2.05) is 20.1 Å². The summed E-state index contributed by atoms with van der Waals surface area (Å²) in [7, 11) is 0. The van der Waals surface area contributed by atoms with E-state index in [4.69, 9.17) is 5.73 Å². The van der Waals surface area contributed by atoms with Gasteiger partial charge < -0.3 is 11.1 Å². The Hall–Kier alpha value is -1.23. The number of hydrogen-bond donors (Lipinski definition) is 2. The zero-order chi connectivity index (χ0) is 13.1. The second kappa shape index (κ2) is 5.40. The molecule has 0 aliphatic rings. The first-order valence-electron chi connectivity index (χ1n) is 5.24. The smallest absolute Gasteiger partial charge is 0.253 e. The minimum Gasteiger partial charge on any atom is -0.398 e. The number of benzene rings is 1. The first-order chi connectivity index (χ1) is 7.85. The predicted molar refractivity (Wildman–Crippen MR) is 70.7 cm³/mol. The van der Waals surface area contributed by atoms with Crippen molar-refractivity contribution in [2.24, 2.45) is 0 Å². The molecular weight excluding hydrogens is 239 g/mol. The highest BCUT2D eigenvalue weighted by atomic mass is 32.2. The Morgan fingerprint density at radius 3 is 2.71 bits per heavy atom. The molecule has 3 N–H and O–H groups in total. The van der Waals surface area contributed by atoms with Crippen LogP contribution in [0.5, 0.6) is 0 Å². The van der Waals surface area contributed by atoms with Crippen LogP contribution < -0.4 is 11.1 Å². The third-order valence-corrected chi connectivity index (χ3v) is 3.74. The lowest BCUT2D eigenvalue weighted by Crippen LogP contribution is -2.36. The maximum absolute atomic E-state index is 12.8. The van der Waals surface area contributed by atoms with Gasteiger partial charge in [-0.25, -0.2) is 4.39 Å². The van der Waals surface area contributed by atoms with Crippen molar-refractivity contribution < 1.29 is 9.18 Å². The Balaban J connectivity index is 2.71. The van der Waals surface area contributed by atoms with E-state index in [-0.39, 0.29) is 16.3 Å². The van der Waals surface area contributed by atoms with Crippen molar-refractivity contribution in [1.82, 2.24) is 5.32 Å². The van der Waals surface area contributed by atoms with Crippen LogP contribution in [0.25, 0.3) is 0 Å². The zero-order valence-corrected chi connectivity index (χ0v) is 11.0. The van der Waals surface area contributed by atoms with Gasteiger partial charge in [-0.15, -0.1) is 0 Å². The van der Waals surface area contributed by atoms with Gasteiger partial charge in [-0.05, 0) is 38.3 Å². The first kappa shape index (κ1) is 13.8. The SMILES string of the molecule is CSC(C)(C)CNC(=O)c1ccc(F)cc1N. The molecule has 0 saturated heterocycles. The maximum Gasteiger partial charge on any atom is 0.253 e. The number of nitrogen functional groups attached to an aromatic ring is 1. The normalized spacial score (nSPS) is 11.3. The molecule has 94 valence electrons. The maximum atomic E-state index is 12.8. The van der Waals surface area contributed by atoms with Crippen LogP contribution in [0.4, 0.5) is 10.1 Å². The molecule has 17 heavy (non-hydrogen) atoms. The van der Waals surface area contributed by atoms with E-state index >= 15 is 0 Å². The fraction of sp³-hybridized carbons (Fsp3) is 0.417. The number of nitrogens with two attached hydrogens (primary N) is 1. The van der Waals surface area contributed by atoms with Crippen molar-refractivity contribution in [3.05, 3.63) is 29.6 Å². The van der Waals surface area contributed by atoms with Gasteiger partial charge in [0.15, 0.2) is 0 Å². The number of hydrogen-bond acceptors (Lipinski definition) is 3. The minimum absolute atomic E-state index is 0.0372. The monoisotopic (exact) mass is 256 g/mol. The molecule has 0 unspecified atom stereocenters. The van der Waals surface area contributed by atoms with E-state index in [1.54, 1.807) is 11.8 Å². The van der Waals surface area contributed by atoms with Gasteiger partial charge >= 0.3 is 0 Å². The molecule has 1 aromatic rings. The molecule has 0 atom stereocenters. The summed E-state index contributed by atoms with van der Waals surface area (Å²) in [5, 5.41) is 2.79. The standard InChI is InChI=1S/C12H17FN2OS/c1-12(2,17-3)7-15-11(16)9-5-4-8(13)6-10(9)14/h4-6H,7,14H2,1-3H3,(H,15,16). The Labute approximate surface area is 105 Å². The van der Waals surface area contributed by atoms with Gasteiger partial charge in [0, 0.05) is 17.0 Å². The van der Waals surface area contributed by atoms with Crippen molar-refractivity contribution in [3.8, 4) is 0 Å². The number of thioether (sulfide) groups is 1. The second-order valence-corrected chi connectivity index (χ2v) is 5.89. The number of carbonyl (C=O) groups is 1. The molecule has 0 heterocycles. The van der Waals surface area contributed by atoms with Crippen LogP contribution in [0, 0.1) is 5.82 Å². The van der Waals surface area contributed by atoms with Crippen molar-refractivity contribution in [2.45, 2.75) is 18.6 Å². The summed E-state index contributed by atoms with van der Waals surface area (Å²) in [6, 6.07) is 3.77. The van der Waals surface area contributed by atoms with E-state index in [2.05, 4.69) is 5.32 Å². The van der Waals surface area contributed by atoms with Crippen molar-refractivity contribution >= 4 is 23.4 Å². The molecule has 0 spiro atoms. The molecule has 0 saturated carbocycles. The summed E-state index contributed by atoms with van der Waals surface area (Å²) in [5.74, 6) is -0.715. The molecule has 1 amide bonds. The molecular formula is C12H17FN2OS. The fourth-order valence-electron chi connectivity index (χ4n) is 1.20. The zero-order valence-electron chi connectivity index (χ0n) is 10.2. The quantitative estimate of drug-likeness (QED) is 0.813. The van der Waals surface area contributed by atoms with E-state index in [0.717, 1.165) is 6.07 Å². The van der Waals surface area contributed by atoms with Crippen LogP contribution in [0.2, 0.25) is 0 Å². The molecule has 1 rings (SSSR count). The summed E-state index contributed by atoms with van der Waals surface area (Å²) in [6.45, 7) is 4.60. The van der Waals surface area contributed by atoms with Crippen LogP contribution in [-0.4, -0.2) is 23.5 Å². The average Bonchev–Trinajstić information content (AvgIpc) is 2.26. The lowest BCUT2D eigenvalue weighted by Gasteiger charge is -2.22. The van der Waals surface area contributed by atoms with Crippen LogP contribution in [0.15, 0.2) is 18.2 Å². The molecule has 0 radical (unpaired) electrons. The number of halogens is 1. The third kappa shape index (κ3) is 3.93. The minimum atomic E-state index is -0.441. The number of amides is 1. The Bertz CT molecular complexity index is 421.